The Bertz CT molecular complexity index is 2600. The van der Waals surface area contributed by atoms with Crippen LogP contribution in [0.3, 0.4) is 0 Å². The molecule has 3 aromatic heterocycles. The topological polar surface area (TPSA) is 25.8 Å². The maximum absolute atomic E-state index is 4.93. The molecule has 3 heterocycles. The van der Waals surface area contributed by atoms with Gasteiger partial charge in [-0.1, -0.05) is 187 Å². The first-order chi connectivity index (χ1) is 30.1. The molecule has 62 heavy (non-hydrogen) atoms. The molecule has 7 aromatic rings. The first kappa shape index (κ1) is 44.9. The second-order valence-electron chi connectivity index (χ2n) is 19.7. The van der Waals surface area contributed by atoms with Gasteiger partial charge in [-0.05, 0) is 111 Å². The molecule has 0 fully saturated rings. The fourth-order valence-corrected chi connectivity index (χ4v) is 13.1. The third kappa shape index (κ3) is 8.64. The van der Waals surface area contributed by atoms with Crippen molar-refractivity contribution in [2.45, 2.75) is 174 Å². The summed E-state index contributed by atoms with van der Waals surface area (Å²) in [4.78, 5) is 5.29. The van der Waals surface area contributed by atoms with E-state index in [1.165, 1.54) is 165 Å². The second-order valence-corrected chi connectivity index (χ2v) is 22.4. The molecule has 1 aliphatic carbocycles. The molecule has 0 radical (unpaired) electrons. The Morgan fingerprint density at radius 3 is 1.68 bits per heavy atom. The van der Waals surface area contributed by atoms with E-state index in [-0.39, 0.29) is 16.2 Å². The quantitative estimate of drug-likeness (QED) is 0.0672. The maximum Gasteiger partial charge on any atom is 0.114 e. The Morgan fingerprint density at radius 2 is 1.05 bits per heavy atom. The third-order valence-electron chi connectivity index (χ3n) is 14.9. The van der Waals surface area contributed by atoms with E-state index in [0.717, 1.165) is 23.9 Å². The van der Waals surface area contributed by atoms with Crippen LogP contribution in [0.25, 0.3) is 64.3 Å². The van der Waals surface area contributed by atoms with E-state index < -0.39 is 0 Å². The van der Waals surface area contributed by atoms with Gasteiger partial charge < -0.3 is 0 Å². The zero-order chi connectivity index (χ0) is 43.5. The monoisotopic (exact) mass is 878 g/mol. The Hall–Kier alpha value is -3.64. The molecule has 2 nitrogen and oxygen atoms in total. The average Bonchev–Trinajstić information content (AvgIpc) is 4.12. The van der Waals surface area contributed by atoms with Gasteiger partial charge in [0.25, 0.3) is 0 Å². The standard InChI is InChI=1S/C57H70N2S3/c1-9-13-15-17-19-23-35-57(36-24-20-18-16-14-10-2)46-37-39(27-28-42(46)52-41-26-22-21-25-40(41)45(38-47(52)57)55(5,6)11-3)48-31-32-49(60-48)43-29-30-44(54-53(43)58-62-59-54)50-33-34-51(61-50)56(7,8)12-4/h21-22,25-34,37-38H,9-20,23-24,35-36H2,1-8H3. The molecular weight excluding hydrogens is 809 g/mol. The number of unbranched alkanes of at least 4 members (excludes halogenated alkanes) is 10. The van der Waals surface area contributed by atoms with Gasteiger partial charge in [0.1, 0.15) is 11.0 Å². The van der Waals surface area contributed by atoms with Crippen molar-refractivity contribution in [3.05, 3.63) is 106 Å². The first-order valence-electron chi connectivity index (χ1n) is 24.2. The lowest BCUT2D eigenvalue weighted by Crippen LogP contribution is -2.27. The molecule has 4 aromatic carbocycles. The number of rotatable bonds is 21. The average molecular weight is 879 g/mol. The zero-order valence-electron chi connectivity index (χ0n) is 39.0. The van der Waals surface area contributed by atoms with Gasteiger partial charge in [-0.15, -0.1) is 22.7 Å². The van der Waals surface area contributed by atoms with Crippen LogP contribution in [0.2, 0.25) is 0 Å². The lowest BCUT2D eigenvalue weighted by Gasteiger charge is -2.35. The van der Waals surface area contributed by atoms with Crippen LogP contribution in [0.1, 0.15) is 180 Å². The summed E-state index contributed by atoms with van der Waals surface area (Å²) in [5, 5.41) is 2.88. The fraction of sp³-hybridized carbons (Fsp3) is 0.474. The highest BCUT2D eigenvalue weighted by molar-refractivity contribution is 7.19. The highest BCUT2D eigenvalue weighted by Gasteiger charge is 2.44. The van der Waals surface area contributed by atoms with Gasteiger partial charge in [0.15, 0.2) is 0 Å². The van der Waals surface area contributed by atoms with E-state index in [4.69, 9.17) is 8.75 Å². The predicted molar refractivity (Wildman–Crippen MR) is 276 cm³/mol. The lowest BCUT2D eigenvalue weighted by molar-refractivity contribution is 0.397. The Balaban J connectivity index is 1.22. The number of thiophene rings is 2. The van der Waals surface area contributed by atoms with Gasteiger partial charge >= 0.3 is 0 Å². The van der Waals surface area contributed by atoms with Crippen LogP contribution in [0.5, 0.6) is 0 Å². The molecule has 0 amide bonds. The van der Waals surface area contributed by atoms with E-state index in [2.05, 4.69) is 140 Å². The number of nitrogens with zero attached hydrogens (tertiary/aromatic N) is 2. The van der Waals surface area contributed by atoms with Crippen LogP contribution in [-0.2, 0) is 16.2 Å². The van der Waals surface area contributed by atoms with Gasteiger partial charge in [0.05, 0.1) is 11.7 Å². The summed E-state index contributed by atoms with van der Waals surface area (Å²) in [5.74, 6) is 0. The molecule has 8 rings (SSSR count). The molecule has 0 N–H and O–H groups in total. The molecule has 5 heteroatoms. The molecule has 0 atom stereocenters. The Kier molecular flexibility index (Phi) is 13.9. The second kappa shape index (κ2) is 19.2. The summed E-state index contributed by atoms with van der Waals surface area (Å²) in [6, 6.07) is 33.5. The molecule has 0 aliphatic heterocycles. The summed E-state index contributed by atoms with van der Waals surface area (Å²) < 4.78 is 9.82. The van der Waals surface area contributed by atoms with Crippen molar-refractivity contribution < 1.29 is 0 Å². The highest BCUT2D eigenvalue weighted by Crippen LogP contribution is 2.58. The van der Waals surface area contributed by atoms with Gasteiger partial charge in [0, 0.05) is 36.1 Å². The van der Waals surface area contributed by atoms with Gasteiger partial charge in [-0.2, -0.15) is 8.75 Å². The van der Waals surface area contributed by atoms with Crippen molar-refractivity contribution in [2.24, 2.45) is 0 Å². The fourth-order valence-electron chi connectivity index (χ4n) is 10.3. The lowest BCUT2D eigenvalue weighted by atomic mass is 9.68. The SMILES string of the molecule is CCCCCCCCC1(CCCCCCCC)c2cc(-c3ccc(-c4ccc(-c5ccc(C(C)(C)CC)s5)c5nsnc45)s3)ccc2-c2c1cc(C(C)(C)CC)c1ccccc21. The van der Waals surface area contributed by atoms with Crippen molar-refractivity contribution >= 4 is 56.2 Å². The minimum Gasteiger partial charge on any atom is -0.172 e. The Labute approximate surface area is 386 Å². The van der Waals surface area contributed by atoms with E-state index >= 15 is 0 Å². The smallest absolute Gasteiger partial charge is 0.114 e. The van der Waals surface area contributed by atoms with Gasteiger partial charge in [-0.3, -0.25) is 0 Å². The number of aromatic nitrogens is 2. The highest BCUT2D eigenvalue weighted by atomic mass is 32.1. The maximum atomic E-state index is 4.93. The zero-order valence-corrected chi connectivity index (χ0v) is 41.5. The first-order valence-corrected chi connectivity index (χ1v) is 26.6. The molecule has 0 saturated heterocycles. The molecule has 0 bridgehead atoms. The predicted octanol–water partition coefficient (Wildman–Crippen LogP) is 19.1. The molecule has 0 unspecified atom stereocenters. The van der Waals surface area contributed by atoms with Crippen molar-refractivity contribution in [3.63, 3.8) is 0 Å². The summed E-state index contributed by atoms with van der Waals surface area (Å²) in [6.07, 6.45) is 20.6. The van der Waals surface area contributed by atoms with Crippen LogP contribution in [0, 0.1) is 0 Å². The molecular formula is C57H70N2S3. The molecule has 326 valence electrons. The van der Waals surface area contributed by atoms with Crippen molar-refractivity contribution in [2.75, 3.05) is 0 Å². The third-order valence-corrected chi connectivity index (χ3v) is 18.1. The van der Waals surface area contributed by atoms with E-state index in [9.17, 15) is 0 Å². The van der Waals surface area contributed by atoms with Crippen molar-refractivity contribution in [1.29, 1.82) is 0 Å². The summed E-state index contributed by atoms with van der Waals surface area (Å²) in [7, 11) is 0. The van der Waals surface area contributed by atoms with Crippen LogP contribution in [0.4, 0.5) is 0 Å². The van der Waals surface area contributed by atoms with Gasteiger partial charge in [0.2, 0.25) is 0 Å². The number of hydrogen-bond donors (Lipinski definition) is 0. The minimum atomic E-state index is 0.00113. The minimum absolute atomic E-state index is 0.00113. The van der Waals surface area contributed by atoms with Crippen LogP contribution < -0.4 is 0 Å². The van der Waals surface area contributed by atoms with Crippen molar-refractivity contribution in [1.82, 2.24) is 8.75 Å². The van der Waals surface area contributed by atoms with Crippen LogP contribution in [0.15, 0.2) is 84.9 Å². The largest absolute Gasteiger partial charge is 0.172 e. The number of fused-ring (bicyclic) bond motifs is 6. The number of benzene rings is 4. The van der Waals surface area contributed by atoms with E-state index in [1.807, 2.05) is 22.7 Å². The molecule has 0 spiro atoms. The molecule has 0 saturated carbocycles. The summed E-state index contributed by atoms with van der Waals surface area (Å²) in [5.41, 5.74) is 13.7. The van der Waals surface area contributed by atoms with E-state index in [1.54, 1.807) is 11.1 Å². The van der Waals surface area contributed by atoms with Crippen LogP contribution in [-0.4, -0.2) is 8.75 Å². The summed E-state index contributed by atoms with van der Waals surface area (Å²) in [6.45, 7) is 18.9. The van der Waals surface area contributed by atoms with E-state index in [0.29, 0.717) is 0 Å². The van der Waals surface area contributed by atoms with Gasteiger partial charge in [-0.25, -0.2) is 0 Å². The van der Waals surface area contributed by atoms with Crippen LogP contribution >= 0.6 is 34.4 Å². The normalized spacial score (nSPS) is 13.7. The summed E-state index contributed by atoms with van der Waals surface area (Å²) >= 11 is 5.15. The number of hydrogen-bond acceptors (Lipinski definition) is 5. The molecule has 1 aliphatic rings. The Morgan fingerprint density at radius 1 is 0.500 bits per heavy atom. The van der Waals surface area contributed by atoms with Crippen molar-refractivity contribution in [3.8, 4) is 42.4 Å².